The molecule has 1 aromatic carbocycles. The normalized spacial score (nSPS) is 10.4. The van der Waals surface area contributed by atoms with Gasteiger partial charge < -0.3 is 4.84 Å². The summed E-state index contributed by atoms with van der Waals surface area (Å²) < 4.78 is 0. The monoisotopic (exact) mass is 298 g/mol. The molecule has 0 fully saturated rings. The molecule has 0 saturated heterocycles. The lowest BCUT2D eigenvalue weighted by atomic mass is 10.2. The second-order valence-electron chi connectivity index (χ2n) is 3.84. The van der Waals surface area contributed by atoms with Crippen LogP contribution in [0.25, 0.3) is 10.6 Å². The predicted molar refractivity (Wildman–Crippen MR) is 73.9 cm³/mol. The van der Waals surface area contributed by atoms with Gasteiger partial charge in [0.1, 0.15) is 11.6 Å². The molecule has 0 saturated carbocycles. The Balaban J connectivity index is 2.12. The minimum atomic E-state index is -0.781. The fraction of sp³-hybridized carbons (Fsp3) is 0.250. The predicted octanol–water partition coefficient (Wildman–Crippen LogP) is 3.52. The van der Waals surface area contributed by atoms with E-state index in [0.29, 0.717) is 11.4 Å². The first-order chi connectivity index (χ1) is 9.06. The lowest BCUT2D eigenvalue weighted by Crippen LogP contribution is -2.04. The van der Waals surface area contributed by atoms with Gasteiger partial charge in [-0.2, -0.15) is 0 Å². The second kappa shape index (κ2) is 5.99. The summed E-state index contributed by atoms with van der Waals surface area (Å²) in [4.78, 5) is 19.9. The van der Waals surface area contributed by atoms with Crippen LogP contribution < -0.4 is 0 Å². The van der Waals surface area contributed by atoms with Gasteiger partial charge in [-0.15, -0.1) is 21.5 Å². The zero-order chi connectivity index (χ0) is 13.8. The molecule has 0 aliphatic rings. The van der Waals surface area contributed by atoms with Crippen LogP contribution in [0, 0.1) is 17.0 Å². The van der Waals surface area contributed by atoms with Crippen molar-refractivity contribution in [3.05, 3.63) is 50.0 Å². The molecule has 1 aromatic heterocycles. The van der Waals surface area contributed by atoms with Gasteiger partial charge in [0.25, 0.3) is 5.09 Å². The third-order valence-electron chi connectivity index (χ3n) is 2.51. The maximum Gasteiger partial charge on any atom is 0.294 e. The summed E-state index contributed by atoms with van der Waals surface area (Å²) in [5.74, 6) is 0. The maximum absolute atomic E-state index is 10.1. The molecule has 0 aliphatic carbocycles. The number of benzene rings is 1. The first-order valence-corrected chi connectivity index (χ1v) is 6.75. The molecule has 1 heterocycles. The molecule has 100 valence electrons. The summed E-state index contributed by atoms with van der Waals surface area (Å²) >= 11 is 7.35. The van der Waals surface area contributed by atoms with E-state index in [9.17, 15) is 10.1 Å². The highest BCUT2D eigenvalue weighted by molar-refractivity contribution is 7.15. The molecule has 7 heteroatoms. The van der Waals surface area contributed by atoms with Crippen LogP contribution in [0.1, 0.15) is 10.6 Å². The molecule has 5 nitrogen and oxygen atoms in total. The summed E-state index contributed by atoms with van der Waals surface area (Å²) in [5.41, 5.74) is 1.86. The van der Waals surface area contributed by atoms with Crippen molar-refractivity contribution in [3.8, 4) is 10.6 Å². The molecule has 19 heavy (non-hydrogen) atoms. The van der Waals surface area contributed by atoms with Crippen molar-refractivity contribution in [3.63, 3.8) is 0 Å². The number of aryl methyl sites for hydroxylation is 1. The number of nitrogens with zero attached hydrogens (tertiary/aromatic N) is 2. The third kappa shape index (κ3) is 3.65. The molecule has 2 aromatic rings. The van der Waals surface area contributed by atoms with E-state index >= 15 is 0 Å². The first-order valence-electron chi connectivity index (χ1n) is 5.56. The Bertz CT molecular complexity index is 583. The van der Waals surface area contributed by atoms with Gasteiger partial charge in [0.15, 0.2) is 0 Å². The molecule has 0 bridgehead atoms. The third-order valence-corrected chi connectivity index (χ3v) is 4.03. The number of halogens is 1. The lowest BCUT2D eigenvalue weighted by Gasteiger charge is -1.97. The number of aromatic nitrogens is 1. The van der Waals surface area contributed by atoms with E-state index in [4.69, 9.17) is 11.6 Å². The Hall–Kier alpha value is -1.66. The quantitative estimate of drug-likeness (QED) is 0.626. The molecule has 0 radical (unpaired) electrons. The lowest BCUT2D eigenvalue weighted by molar-refractivity contribution is -0.757. The van der Waals surface area contributed by atoms with Crippen LogP contribution in [0.4, 0.5) is 0 Å². The average Bonchev–Trinajstić information content (AvgIpc) is 2.71. The van der Waals surface area contributed by atoms with Crippen LogP contribution in [0.15, 0.2) is 24.3 Å². The van der Waals surface area contributed by atoms with Crippen molar-refractivity contribution in [2.75, 3.05) is 6.61 Å². The van der Waals surface area contributed by atoms with Crippen molar-refractivity contribution < 1.29 is 9.92 Å². The van der Waals surface area contributed by atoms with Crippen LogP contribution in [0.3, 0.4) is 0 Å². The summed E-state index contributed by atoms with van der Waals surface area (Å²) in [6.07, 6.45) is 0.484. The SMILES string of the molecule is Cc1nc(-c2ccc(Cl)cc2)sc1CCO[N+](=O)[O-]. The van der Waals surface area contributed by atoms with E-state index in [1.807, 2.05) is 31.2 Å². The van der Waals surface area contributed by atoms with Crippen LogP contribution in [0.2, 0.25) is 5.02 Å². The minimum absolute atomic E-state index is 0.0517. The molecule has 0 atom stereocenters. The molecule has 2 rings (SSSR count). The van der Waals surface area contributed by atoms with Gasteiger partial charge >= 0.3 is 0 Å². The summed E-state index contributed by atoms with van der Waals surface area (Å²) in [6, 6.07) is 7.42. The summed E-state index contributed by atoms with van der Waals surface area (Å²) in [6.45, 7) is 1.94. The van der Waals surface area contributed by atoms with Crippen molar-refractivity contribution in [1.82, 2.24) is 4.98 Å². The van der Waals surface area contributed by atoms with Crippen molar-refractivity contribution >= 4 is 22.9 Å². The van der Waals surface area contributed by atoms with Gasteiger partial charge in [0, 0.05) is 21.9 Å². The first kappa shape index (κ1) is 13.8. The Morgan fingerprint density at radius 3 is 2.74 bits per heavy atom. The van der Waals surface area contributed by atoms with Crippen LogP contribution in [-0.2, 0) is 11.3 Å². The minimum Gasteiger partial charge on any atom is -0.314 e. The second-order valence-corrected chi connectivity index (χ2v) is 5.36. The van der Waals surface area contributed by atoms with E-state index < -0.39 is 5.09 Å². The molecule has 0 N–H and O–H groups in total. The Morgan fingerprint density at radius 1 is 1.42 bits per heavy atom. The van der Waals surface area contributed by atoms with E-state index in [-0.39, 0.29) is 6.61 Å². The molecule has 0 unspecified atom stereocenters. The van der Waals surface area contributed by atoms with Gasteiger partial charge in [0.2, 0.25) is 0 Å². The smallest absolute Gasteiger partial charge is 0.294 e. The summed E-state index contributed by atoms with van der Waals surface area (Å²) in [7, 11) is 0. The largest absolute Gasteiger partial charge is 0.314 e. The van der Waals surface area contributed by atoms with Crippen LogP contribution in [-0.4, -0.2) is 16.7 Å². The molecule has 0 aliphatic heterocycles. The molecular weight excluding hydrogens is 288 g/mol. The van der Waals surface area contributed by atoms with Gasteiger partial charge in [-0.25, -0.2) is 4.98 Å². The van der Waals surface area contributed by atoms with E-state index in [0.717, 1.165) is 21.1 Å². The van der Waals surface area contributed by atoms with Gasteiger partial charge in [-0.3, -0.25) is 0 Å². The van der Waals surface area contributed by atoms with Gasteiger partial charge in [-0.1, -0.05) is 23.7 Å². The molecule has 0 amide bonds. The maximum atomic E-state index is 10.1. The van der Waals surface area contributed by atoms with E-state index in [1.54, 1.807) is 0 Å². The fourth-order valence-electron chi connectivity index (χ4n) is 1.59. The standard InChI is InChI=1S/C12H11ClN2O3S/c1-8-11(6-7-18-15(16)17)19-12(14-8)9-2-4-10(13)5-3-9/h2-5H,6-7H2,1H3. The highest BCUT2D eigenvalue weighted by Crippen LogP contribution is 2.29. The van der Waals surface area contributed by atoms with Crippen molar-refractivity contribution in [2.24, 2.45) is 0 Å². The van der Waals surface area contributed by atoms with Gasteiger partial charge in [-0.05, 0) is 19.1 Å². The topological polar surface area (TPSA) is 65.3 Å². The van der Waals surface area contributed by atoms with E-state index in [2.05, 4.69) is 9.82 Å². The van der Waals surface area contributed by atoms with Crippen LogP contribution >= 0.6 is 22.9 Å². The average molecular weight is 299 g/mol. The van der Waals surface area contributed by atoms with E-state index in [1.165, 1.54) is 11.3 Å². The number of thiazole rings is 1. The van der Waals surface area contributed by atoms with Gasteiger partial charge in [0.05, 0.1) is 5.69 Å². The number of hydrogen-bond donors (Lipinski definition) is 0. The Kier molecular flexibility index (Phi) is 4.34. The van der Waals surface area contributed by atoms with Crippen LogP contribution in [0.5, 0.6) is 0 Å². The summed E-state index contributed by atoms with van der Waals surface area (Å²) in [5, 5.41) is 10.9. The number of rotatable bonds is 5. The Labute approximate surface area is 118 Å². The van der Waals surface area contributed by atoms with Crippen molar-refractivity contribution in [1.29, 1.82) is 0 Å². The fourth-order valence-corrected chi connectivity index (χ4v) is 2.76. The highest BCUT2D eigenvalue weighted by atomic mass is 35.5. The zero-order valence-electron chi connectivity index (χ0n) is 10.1. The Morgan fingerprint density at radius 2 is 2.11 bits per heavy atom. The molecular formula is C12H11ClN2O3S. The van der Waals surface area contributed by atoms with Crippen molar-refractivity contribution in [2.45, 2.75) is 13.3 Å². The zero-order valence-corrected chi connectivity index (χ0v) is 11.7. The highest BCUT2D eigenvalue weighted by Gasteiger charge is 2.10. The molecule has 0 spiro atoms. The number of hydrogen-bond acceptors (Lipinski definition) is 5.